The number of nitrogens with two attached hydrogens (primary N) is 1. The van der Waals surface area contributed by atoms with Crippen LogP contribution in [0.5, 0.6) is 0 Å². The number of nitriles is 1. The molecule has 0 rings (SSSR count). The molecule has 0 spiro atoms. The molecule has 0 bridgehead atoms. The predicted octanol–water partition coefficient (Wildman–Crippen LogP) is 0.169. The van der Waals surface area contributed by atoms with Crippen molar-refractivity contribution in [2.75, 3.05) is 0 Å². The first-order valence-corrected chi connectivity index (χ1v) is 2.22. The molecule has 0 aliphatic rings. The number of rotatable bonds is 0. The van der Waals surface area contributed by atoms with Gasteiger partial charge in [0.2, 0.25) is 0 Å². The lowest BCUT2D eigenvalue weighted by Crippen LogP contribution is -1.67. The van der Waals surface area contributed by atoms with Crippen LogP contribution in [0.3, 0.4) is 0 Å². The van der Waals surface area contributed by atoms with E-state index in [1.165, 1.54) is 5.81 Å². The quantitative estimate of drug-likeness (QED) is 0.430. The number of hydrogen-bond acceptors (Lipinski definition) is 2. The van der Waals surface area contributed by atoms with Crippen molar-refractivity contribution in [3.63, 3.8) is 0 Å². The number of nitrogens with zero attached hydrogens (tertiary/aromatic N) is 1. The van der Waals surface area contributed by atoms with Gasteiger partial charge in [-0.15, -0.1) is 10.8 Å². The Hall–Kier alpha value is -0.450. The molecule has 0 aromatic heterocycles. The van der Waals surface area contributed by atoms with E-state index in [0.29, 0.717) is 0 Å². The molecule has 0 aromatic carbocycles. The van der Waals surface area contributed by atoms with Crippen LogP contribution in [-0.2, 0) is 4.57 Å². The molecule has 1 atom stereocenters. The van der Waals surface area contributed by atoms with E-state index in [0.717, 1.165) is 0 Å². The summed E-state index contributed by atoms with van der Waals surface area (Å²) < 4.78 is 9.38. The van der Waals surface area contributed by atoms with Gasteiger partial charge in [0.15, 0.2) is 0 Å². The monoisotopic (exact) mass is 89.0 g/mol. The number of hydrogen-bond donors (Lipinski definition) is 1. The molecule has 0 saturated carbocycles. The van der Waals surface area contributed by atoms with E-state index < -0.39 is 7.95 Å². The first-order valence-electron chi connectivity index (χ1n) is 0.888. The Morgan fingerprint density at radius 1 is 2.00 bits per heavy atom. The molecule has 0 aliphatic carbocycles. The highest BCUT2D eigenvalue weighted by atomic mass is 31.1. The second kappa shape index (κ2) is 1.83. The van der Waals surface area contributed by atoms with Crippen LogP contribution >= 0.6 is 7.95 Å². The smallest absolute Gasteiger partial charge is 0.137 e. The van der Waals surface area contributed by atoms with Gasteiger partial charge in [-0.05, 0) is 4.57 Å². The topological polar surface area (TPSA) is 66.9 Å². The van der Waals surface area contributed by atoms with Crippen LogP contribution in [0.4, 0.5) is 0 Å². The molecule has 1 unspecified atom stereocenters. The molecule has 0 amide bonds. The van der Waals surface area contributed by atoms with Crippen molar-refractivity contribution in [2.45, 2.75) is 0 Å². The molecule has 0 aliphatic heterocycles. The molecular weight excluding hydrogens is 87.0 g/mol. The summed E-state index contributed by atoms with van der Waals surface area (Å²) in [5, 5.41) is 7.48. The molecule has 0 fully saturated rings. The van der Waals surface area contributed by atoms with Gasteiger partial charge in [0.1, 0.15) is 0 Å². The minimum absolute atomic E-state index is 1.31. The summed E-state index contributed by atoms with van der Waals surface area (Å²) in [5.41, 5.74) is 4.44. The Morgan fingerprint density at radius 2 is 2.20 bits per heavy atom. The maximum absolute atomic E-state index is 9.38. The predicted molar refractivity (Wildman–Crippen MR) is 17.4 cm³/mol. The van der Waals surface area contributed by atoms with Crippen LogP contribution in [0, 0.1) is 11.1 Å². The average Bonchev–Trinajstić information content (AvgIpc) is 1.38. The second-order valence-corrected chi connectivity index (χ2v) is 1.28. The first-order chi connectivity index (χ1) is 2.27. The van der Waals surface area contributed by atoms with Gasteiger partial charge in [0.05, 0.1) is 0 Å². The summed E-state index contributed by atoms with van der Waals surface area (Å²) in [6.07, 6.45) is 0. The summed E-state index contributed by atoms with van der Waals surface area (Å²) in [7, 11) is -2.04. The van der Waals surface area contributed by atoms with Crippen molar-refractivity contribution in [3.8, 4) is 5.81 Å². The van der Waals surface area contributed by atoms with Gasteiger partial charge < -0.3 is 0 Å². The van der Waals surface area contributed by atoms with Gasteiger partial charge in [-0.25, -0.2) is 0 Å². The minimum Gasteiger partial charge on any atom is -0.137 e. The molecular formula is CH2N2OP+. The molecule has 26 valence electrons. The molecule has 5 heavy (non-hydrogen) atoms. The van der Waals surface area contributed by atoms with Crippen LogP contribution in [0.25, 0.3) is 0 Å². The first kappa shape index (κ1) is 4.55. The van der Waals surface area contributed by atoms with Crippen LogP contribution in [0.2, 0.25) is 0 Å². The largest absolute Gasteiger partial charge is 0.550 e. The van der Waals surface area contributed by atoms with Crippen LogP contribution < -0.4 is 5.50 Å². The SMILES string of the molecule is N#C[P+](N)=O. The highest BCUT2D eigenvalue weighted by Gasteiger charge is 1.97. The molecule has 0 heterocycles. The van der Waals surface area contributed by atoms with Gasteiger partial charge in [-0.2, -0.15) is 0 Å². The van der Waals surface area contributed by atoms with Crippen molar-refractivity contribution in [2.24, 2.45) is 5.50 Å². The molecule has 2 N–H and O–H groups in total. The molecule has 4 heteroatoms. The van der Waals surface area contributed by atoms with Gasteiger partial charge in [0.25, 0.3) is 0 Å². The summed E-state index contributed by atoms with van der Waals surface area (Å²) in [6, 6.07) is 0. The fraction of sp³-hybridized carbons (Fsp3) is 0. The fourth-order valence-electron chi connectivity index (χ4n) is 0. The minimum atomic E-state index is -2.04. The third kappa shape index (κ3) is 3.55. The zero-order valence-electron chi connectivity index (χ0n) is 2.38. The van der Waals surface area contributed by atoms with E-state index in [2.05, 4.69) is 5.50 Å². The third-order valence-corrected chi connectivity index (χ3v) is 0.296. The van der Waals surface area contributed by atoms with Gasteiger partial charge in [-0.1, -0.05) is 0 Å². The van der Waals surface area contributed by atoms with Gasteiger partial charge in [0, 0.05) is 0 Å². The van der Waals surface area contributed by atoms with Crippen molar-refractivity contribution in [1.29, 1.82) is 5.26 Å². The lowest BCUT2D eigenvalue weighted by Gasteiger charge is -1.34. The van der Waals surface area contributed by atoms with E-state index >= 15 is 0 Å². The van der Waals surface area contributed by atoms with Crippen LogP contribution in [0.15, 0.2) is 0 Å². The Bertz CT molecular complexity index is 82.1. The fourth-order valence-corrected chi connectivity index (χ4v) is 0. The van der Waals surface area contributed by atoms with E-state index in [1.54, 1.807) is 0 Å². The Labute approximate surface area is 30.2 Å². The third-order valence-electron chi connectivity index (χ3n) is 0.0986. The van der Waals surface area contributed by atoms with Crippen molar-refractivity contribution >= 4 is 7.95 Å². The second-order valence-electron chi connectivity index (χ2n) is 0.426. The zero-order chi connectivity index (χ0) is 4.28. The standard InChI is InChI=1S/CH2N2OP/c2-1-5(3)4/h(H2,3,4)/q+1. The maximum atomic E-state index is 9.38. The maximum Gasteiger partial charge on any atom is 0.550 e. The Kier molecular flexibility index (Phi) is 1.67. The van der Waals surface area contributed by atoms with Gasteiger partial charge in [-0.3, -0.25) is 0 Å². The summed E-state index contributed by atoms with van der Waals surface area (Å²) in [5.74, 6) is 1.31. The van der Waals surface area contributed by atoms with E-state index in [9.17, 15) is 4.57 Å². The normalized spacial score (nSPS) is 9.20. The Balaban J connectivity index is 3.35. The summed E-state index contributed by atoms with van der Waals surface area (Å²) in [6.45, 7) is 0. The van der Waals surface area contributed by atoms with E-state index in [1.807, 2.05) is 0 Å². The summed E-state index contributed by atoms with van der Waals surface area (Å²) >= 11 is 0. The highest BCUT2D eigenvalue weighted by Crippen LogP contribution is 1.98. The Morgan fingerprint density at radius 3 is 2.20 bits per heavy atom. The highest BCUT2D eigenvalue weighted by molar-refractivity contribution is 7.47. The molecule has 3 nitrogen and oxygen atoms in total. The van der Waals surface area contributed by atoms with Gasteiger partial charge >= 0.3 is 13.8 Å². The van der Waals surface area contributed by atoms with Crippen LogP contribution in [-0.4, -0.2) is 0 Å². The molecule has 0 saturated heterocycles. The lowest BCUT2D eigenvalue weighted by atomic mass is 11.8. The van der Waals surface area contributed by atoms with Crippen LogP contribution in [0.1, 0.15) is 0 Å². The summed E-state index contributed by atoms with van der Waals surface area (Å²) in [4.78, 5) is 0. The van der Waals surface area contributed by atoms with Crippen molar-refractivity contribution in [3.05, 3.63) is 0 Å². The zero-order valence-corrected chi connectivity index (χ0v) is 3.27. The average molecular weight is 89.0 g/mol. The molecule has 0 aromatic rings. The molecule has 0 radical (unpaired) electrons. The van der Waals surface area contributed by atoms with Crippen molar-refractivity contribution in [1.82, 2.24) is 0 Å². The van der Waals surface area contributed by atoms with Crippen molar-refractivity contribution < 1.29 is 4.57 Å². The lowest BCUT2D eigenvalue weighted by molar-refractivity contribution is 0.594. The van der Waals surface area contributed by atoms with E-state index in [-0.39, 0.29) is 0 Å². The van der Waals surface area contributed by atoms with E-state index in [4.69, 9.17) is 5.26 Å².